The first kappa shape index (κ1) is 27.7. The molecule has 5 aromatic rings. The fourth-order valence-corrected chi connectivity index (χ4v) is 5.55. The topological polar surface area (TPSA) is 55.4 Å². The maximum absolute atomic E-state index is 13.0. The maximum atomic E-state index is 13.0. The van der Waals surface area contributed by atoms with E-state index < -0.39 is 5.54 Å². The summed E-state index contributed by atoms with van der Waals surface area (Å²) in [5.74, 6) is 0. The van der Waals surface area contributed by atoms with E-state index in [-0.39, 0.29) is 5.56 Å². The first-order chi connectivity index (χ1) is 19.2. The van der Waals surface area contributed by atoms with Crippen LogP contribution < -0.4 is 5.56 Å². The van der Waals surface area contributed by atoms with Crippen molar-refractivity contribution in [2.24, 2.45) is 19.1 Å². The van der Waals surface area contributed by atoms with Gasteiger partial charge in [0.15, 0.2) is 5.54 Å². The Morgan fingerprint density at radius 3 is 2.35 bits per heavy atom. The number of pyridine rings is 1. The average Bonchev–Trinajstić information content (AvgIpc) is 3.37. The Bertz CT molecular complexity index is 1750. The molecule has 0 aliphatic heterocycles. The molecule has 8 heteroatoms. The van der Waals surface area contributed by atoms with E-state index in [0.717, 1.165) is 45.3 Å². The number of hydrogen-bond donors (Lipinski definition) is 0. The minimum atomic E-state index is -0.923. The number of aryl methyl sites for hydroxylation is 4. The summed E-state index contributed by atoms with van der Waals surface area (Å²) >= 11 is 12.5. The second-order valence-corrected chi connectivity index (χ2v) is 11.1. The van der Waals surface area contributed by atoms with E-state index >= 15 is 0 Å². The Morgan fingerprint density at radius 2 is 1.68 bits per heavy atom. The third-order valence-corrected chi connectivity index (χ3v) is 7.74. The summed E-state index contributed by atoms with van der Waals surface area (Å²) in [4.78, 5) is 24.5. The van der Waals surface area contributed by atoms with Crippen molar-refractivity contribution in [2.45, 2.75) is 18.4 Å². The highest BCUT2D eigenvalue weighted by atomic mass is 35.5. The Kier molecular flexibility index (Phi) is 7.83. The minimum absolute atomic E-state index is 0.0393. The second kappa shape index (κ2) is 11.3. The van der Waals surface area contributed by atoms with E-state index in [1.54, 1.807) is 17.0 Å². The van der Waals surface area contributed by atoms with Crippen LogP contribution in [0.3, 0.4) is 0 Å². The molecule has 0 saturated heterocycles. The van der Waals surface area contributed by atoms with E-state index in [0.29, 0.717) is 16.5 Å². The van der Waals surface area contributed by atoms with E-state index in [4.69, 9.17) is 28.2 Å². The fraction of sp³-hybridized carbons (Fsp3) is 0.219. The number of hydrogen-bond acceptors (Lipinski definition) is 3. The number of aromatic nitrogens is 3. The zero-order valence-electron chi connectivity index (χ0n) is 23.0. The van der Waals surface area contributed by atoms with Crippen LogP contribution in [0.25, 0.3) is 10.9 Å². The van der Waals surface area contributed by atoms with Crippen LogP contribution in [0.5, 0.6) is 0 Å². The van der Waals surface area contributed by atoms with Gasteiger partial charge in [-0.1, -0.05) is 53.5 Å². The lowest BCUT2D eigenvalue weighted by atomic mass is 9.79. The van der Waals surface area contributed by atoms with Crippen LogP contribution in [-0.4, -0.2) is 39.5 Å². The molecule has 0 spiro atoms. The average molecular weight is 573 g/mol. The summed E-state index contributed by atoms with van der Waals surface area (Å²) in [5.41, 5.74) is 4.80. The smallest absolute Gasteiger partial charge is 0.251 e. The lowest BCUT2D eigenvalue weighted by Crippen LogP contribution is -2.31. The van der Waals surface area contributed by atoms with Crippen molar-refractivity contribution < 1.29 is 0 Å². The number of rotatable bonds is 8. The standard InChI is InChI=1S/C32H31Cl2N5O/c1-37(2)21-36-32(30-19-35-20-38(30)3,24-10-13-26(33)14-11-24)25-12-15-29-28(18-25)23(17-31(40)39(29)4)9-8-22-6-5-7-27(34)16-22/h5-7,10-21H,8-9H2,1-4H3/b36-21+. The Labute approximate surface area is 244 Å². The first-order valence-corrected chi connectivity index (χ1v) is 13.8. The molecule has 2 heterocycles. The van der Waals surface area contributed by atoms with E-state index in [2.05, 4.69) is 23.2 Å². The van der Waals surface area contributed by atoms with Gasteiger partial charge in [0.25, 0.3) is 5.56 Å². The predicted molar refractivity (Wildman–Crippen MR) is 165 cm³/mol. The van der Waals surface area contributed by atoms with Crippen molar-refractivity contribution in [1.82, 2.24) is 19.0 Å². The molecule has 0 N–H and O–H groups in total. The SMILES string of the molecule is CN(C)/C=N/C(c1ccc(Cl)cc1)(c1ccc2c(c1)c(CCc1cccc(Cl)c1)cc(=O)n2C)c1cncn1C. The quantitative estimate of drug-likeness (QED) is 0.163. The number of halogens is 2. The molecule has 0 bridgehead atoms. The molecular weight excluding hydrogens is 541 g/mol. The molecule has 1 unspecified atom stereocenters. The molecule has 0 amide bonds. The normalized spacial score (nSPS) is 13.2. The van der Waals surface area contributed by atoms with Gasteiger partial charge in [-0.15, -0.1) is 0 Å². The van der Waals surface area contributed by atoms with Crippen LogP contribution in [0.15, 0.2) is 95.1 Å². The molecule has 6 nitrogen and oxygen atoms in total. The summed E-state index contributed by atoms with van der Waals surface area (Å²) in [6.45, 7) is 0. The van der Waals surface area contributed by atoms with Crippen molar-refractivity contribution in [3.05, 3.63) is 134 Å². The lowest BCUT2D eigenvalue weighted by molar-refractivity contribution is 0.573. The van der Waals surface area contributed by atoms with Crippen molar-refractivity contribution in [1.29, 1.82) is 0 Å². The highest BCUT2D eigenvalue weighted by Gasteiger charge is 2.39. The van der Waals surface area contributed by atoms with E-state index in [1.807, 2.05) is 98.7 Å². The van der Waals surface area contributed by atoms with Crippen molar-refractivity contribution in [3.8, 4) is 0 Å². The summed E-state index contributed by atoms with van der Waals surface area (Å²) in [5, 5.41) is 2.36. The van der Waals surface area contributed by atoms with Crippen molar-refractivity contribution in [2.75, 3.05) is 14.1 Å². The number of imidazole rings is 1. The second-order valence-electron chi connectivity index (χ2n) is 10.2. The molecule has 0 aliphatic rings. The molecule has 2 aromatic heterocycles. The van der Waals surface area contributed by atoms with Gasteiger partial charge >= 0.3 is 0 Å². The zero-order chi connectivity index (χ0) is 28.4. The van der Waals surface area contributed by atoms with Crippen LogP contribution >= 0.6 is 23.2 Å². The van der Waals surface area contributed by atoms with Gasteiger partial charge in [0.1, 0.15) is 0 Å². The third kappa shape index (κ3) is 5.29. The maximum Gasteiger partial charge on any atom is 0.251 e. The Hall–Kier alpha value is -3.87. The highest BCUT2D eigenvalue weighted by Crippen LogP contribution is 2.42. The van der Waals surface area contributed by atoms with Gasteiger partial charge in [-0.2, -0.15) is 0 Å². The molecule has 3 aromatic carbocycles. The molecule has 0 radical (unpaired) electrons. The number of nitrogens with zero attached hydrogens (tertiary/aromatic N) is 5. The van der Waals surface area contributed by atoms with Crippen LogP contribution in [-0.2, 0) is 32.5 Å². The molecule has 0 saturated carbocycles. The molecule has 40 heavy (non-hydrogen) atoms. The van der Waals surface area contributed by atoms with Crippen LogP contribution in [0.1, 0.15) is 27.9 Å². The predicted octanol–water partition coefficient (Wildman–Crippen LogP) is 6.25. The summed E-state index contributed by atoms with van der Waals surface area (Å²) in [6, 6.07) is 23.6. The van der Waals surface area contributed by atoms with Gasteiger partial charge in [-0.05, 0) is 71.5 Å². The summed E-state index contributed by atoms with van der Waals surface area (Å²) < 4.78 is 3.69. The number of fused-ring (bicyclic) bond motifs is 1. The number of benzene rings is 3. The Morgan fingerprint density at radius 1 is 0.925 bits per heavy atom. The van der Waals surface area contributed by atoms with Gasteiger partial charge in [0, 0.05) is 49.7 Å². The van der Waals surface area contributed by atoms with Gasteiger partial charge in [0.05, 0.1) is 30.1 Å². The Balaban J connectivity index is 1.76. The molecule has 0 aliphatic carbocycles. The van der Waals surface area contributed by atoms with Gasteiger partial charge in [-0.3, -0.25) is 9.79 Å². The van der Waals surface area contributed by atoms with E-state index in [1.165, 1.54) is 0 Å². The first-order valence-electron chi connectivity index (χ1n) is 13.0. The largest absolute Gasteiger partial charge is 0.369 e. The lowest BCUT2D eigenvalue weighted by Gasteiger charge is -2.32. The summed E-state index contributed by atoms with van der Waals surface area (Å²) in [7, 11) is 7.68. The van der Waals surface area contributed by atoms with Gasteiger partial charge in [-0.25, -0.2) is 4.98 Å². The van der Waals surface area contributed by atoms with Crippen molar-refractivity contribution in [3.63, 3.8) is 0 Å². The molecular formula is C32H31Cl2N5O. The third-order valence-electron chi connectivity index (χ3n) is 7.25. The number of aliphatic imine (C=N–C) groups is 1. The van der Waals surface area contributed by atoms with Gasteiger partial charge in [0.2, 0.25) is 0 Å². The van der Waals surface area contributed by atoms with Crippen molar-refractivity contribution >= 4 is 40.4 Å². The molecule has 0 fully saturated rings. The minimum Gasteiger partial charge on any atom is -0.369 e. The van der Waals surface area contributed by atoms with Crippen LogP contribution in [0.2, 0.25) is 10.0 Å². The van der Waals surface area contributed by atoms with E-state index in [9.17, 15) is 4.79 Å². The highest BCUT2D eigenvalue weighted by molar-refractivity contribution is 6.30. The monoisotopic (exact) mass is 571 g/mol. The molecule has 1 atom stereocenters. The molecule has 204 valence electrons. The fourth-order valence-electron chi connectivity index (χ4n) is 5.21. The van der Waals surface area contributed by atoms with Gasteiger partial charge < -0.3 is 14.0 Å². The van der Waals surface area contributed by atoms with Crippen LogP contribution in [0, 0.1) is 0 Å². The summed E-state index contributed by atoms with van der Waals surface area (Å²) in [6.07, 6.45) is 6.92. The molecule has 5 rings (SSSR count). The van der Waals surface area contributed by atoms with Crippen LogP contribution in [0.4, 0.5) is 0 Å². The zero-order valence-corrected chi connectivity index (χ0v) is 24.5.